The predicted octanol–water partition coefficient (Wildman–Crippen LogP) is 12.4. The van der Waals surface area contributed by atoms with Crippen molar-refractivity contribution in [2.75, 3.05) is 0 Å². The van der Waals surface area contributed by atoms with Crippen LogP contribution in [0, 0.1) is 20.8 Å². The quantitative estimate of drug-likeness (QED) is 0.169. The molecule has 3 heterocycles. The van der Waals surface area contributed by atoms with Crippen LogP contribution < -0.4 is 10.4 Å². The summed E-state index contributed by atoms with van der Waals surface area (Å²) in [5.74, 6) is 0. The first-order valence-electron chi connectivity index (χ1n) is 18.1. The number of benzene rings is 7. The van der Waals surface area contributed by atoms with E-state index in [1.807, 2.05) is 12.1 Å². The Morgan fingerprint density at radius 2 is 1.06 bits per heavy atom. The summed E-state index contributed by atoms with van der Waals surface area (Å²) in [6, 6.07) is 46.5. The molecule has 0 aliphatic carbocycles. The molecule has 4 heteroatoms. The Bertz CT molecular complexity index is 3060. The molecule has 0 atom stereocenters. The van der Waals surface area contributed by atoms with Crippen LogP contribution in [0.4, 0.5) is 0 Å². The van der Waals surface area contributed by atoms with E-state index in [9.17, 15) is 0 Å². The van der Waals surface area contributed by atoms with Crippen LogP contribution in [0.15, 0.2) is 141 Å². The van der Waals surface area contributed by atoms with E-state index in [1.165, 1.54) is 70.7 Å². The Hall–Kier alpha value is -5.84. The molecule has 0 spiro atoms. The van der Waals surface area contributed by atoms with Crippen molar-refractivity contribution in [3.05, 3.63) is 155 Å². The molecule has 52 heavy (non-hydrogen) atoms. The minimum Gasteiger partial charge on any atom is -0.456 e. The van der Waals surface area contributed by atoms with Crippen molar-refractivity contribution < 1.29 is 13.3 Å². The van der Waals surface area contributed by atoms with E-state index in [2.05, 4.69) is 149 Å². The van der Waals surface area contributed by atoms with Crippen molar-refractivity contribution in [1.82, 2.24) is 0 Å². The highest BCUT2D eigenvalue weighted by molar-refractivity contribution is 7.00. The highest BCUT2D eigenvalue weighted by atomic mass is 28.3. The van der Waals surface area contributed by atoms with Crippen LogP contribution in [0.2, 0.25) is 13.1 Å². The van der Waals surface area contributed by atoms with E-state index >= 15 is 0 Å². The molecular weight excluding hydrogens is 653 g/mol. The fourth-order valence-corrected chi connectivity index (χ4v) is 10.5. The van der Waals surface area contributed by atoms with Gasteiger partial charge in [0.25, 0.3) is 0 Å². The lowest BCUT2D eigenvalue weighted by Gasteiger charge is -2.24. The monoisotopic (exact) mass is 690 g/mol. The molecule has 0 amide bonds. The second kappa shape index (κ2) is 11.3. The third-order valence-corrected chi connectivity index (χ3v) is 14.9. The van der Waals surface area contributed by atoms with Crippen molar-refractivity contribution in [3.8, 4) is 11.1 Å². The molecule has 0 saturated heterocycles. The number of hydrogen-bond donors (Lipinski definition) is 0. The van der Waals surface area contributed by atoms with Crippen molar-refractivity contribution in [2.45, 2.75) is 40.3 Å². The first-order chi connectivity index (χ1) is 25.2. The number of rotatable bonds is 5. The maximum Gasteiger partial charge on any atom is 0.138 e. The Kier molecular flexibility index (Phi) is 6.74. The number of aryl methyl sites for hydroxylation is 3. The summed E-state index contributed by atoms with van der Waals surface area (Å²) >= 11 is 0. The topological polar surface area (TPSA) is 39.4 Å². The van der Waals surface area contributed by atoms with Gasteiger partial charge in [0.2, 0.25) is 0 Å². The molecular formula is C48H38O3Si. The second-order valence-electron chi connectivity index (χ2n) is 15.2. The summed E-state index contributed by atoms with van der Waals surface area (Å²) < 4.78 is 18.8. The molecule has 0 saturated carbocycles. The molecule has 10 rings (SSSR count). The van der Waals surface area contributed by atoms with Gasteiger partial charge in [-0.25, -0.2) is 0 Å². The highest BCUT2D eigenvalue weighted by Gasteiger charge is 2.28. The van der Waals surface area contributed by atoms with Gasteiger partial charge in [0.1, 0.15) is 41.6 Å². The molecule has 10 aromatic rings. The first-order valence-corrected chi connectivity index (χ1v) is 21.1. The van der Waals surface area contributed by atoms with E-state index in [4.69, 9.17) is 13.3 Å². The van der Waals surface area contributed by atoms with Crippen molar-refractivity contribution >= 4 is 84.3 Å². The van der Waals surface area contributed by atoms with Crippen LogP contribution in [0.5, 0.6) is 0 Å². The summed E-state index contributed by atoms with van der Waals surface area (Å²) in [7, 11) is -2.07. The standard InChI is InChI=1S/C48H38O3Si/c1-28-10-16-44-38(20-28)40-26-35(14-18-46(40)49-44)52(4,5)36-15-19-47-41(27-36)39-23-31(12-17-45(39)50-47)22-33-24-32(13-11-29(33)2)34-21-30(3)48-42(25-34)37-8-6-7-9-43(37)51-48/h6-21,23-27H,22H2,1-5H3. The lowest BCUT2D eigenvalue weighted by molar-refractivity contribution is 0.666. The fourth-order valence-electron chi connectivity index (χ4n) is 8.20. The van der Waals surface area contributed by atoms with Crippen molar-refractivity contribution in [3.63, 3.8) is 0 Å². The molecule has 0 fully saturated rings. The SMILES string of the molecule is Cc1ccc2oc3ccc([Si](C)(C)c4ccc5oc6ccc(Cc7cc(-c8cc(C)c9oc%10ccccc%10c9c8)ccc7C)cc6c5c4)cc3c2c1. The molecule has 0 N–H and O–H groups in total. The van der Waals surface area contributed by atoms with Crippen LogP contribution in [0.3, 0.4) is 0 Å². The van der Waals surface area contributed by atoms with Gasteiger partial charge in [-0.3, -0.25) is 0 Å². The molecule has 0 bridgehead atoms. The lowest BCUT2D eigenvalue weighted by atomic mass is 9.93. The molecule has 0 aliphatic heterocycles. The van der Waals surface area contributed by atoms with Gasteiger partial charge in [-0.2, -0.15) is 0 Å². The average molecular weight is 691 g/mol. The Labute approximate surface area is 303 Å². The molecule has 7 aromatic carbocycles. The van der Waals surface area contributed by atoms with Crippen LogP contribution >= 0.6 is 0 Å². The van der Waals surface area contributed by atoms with E-state index < -0.39 is 8.07 Å². The summed E-state index contributed by atoms with van der Waals surface area (Å²) in [5, 5.41) is 9.85. The van der Waals surface area contributed by atoms with Gasteiger partial charge in [0.15, 0.2) is 0 Å². The van der Waals surface area contributed by atoms with Crippen LogP contribution in [-0.2, 0) is 6.42 Å². The van der Waals surface area contributed by atoms with E-state index in [0.29, 0.717) is 0 Å². The van der Waals surface area contributed by atoms with E-state index in [1.54, 1.807) is 0 Å². The van der Waals surface area contributed by atoms with Crippen LogP contribution in [0.25, 0.3) is 76.9 Å². The Morgan fingerprint density at radius 3 is 1.79 bits per heavy atom. The summed E-state index contributed by atoms with van der Waals surface area (Å²) in [4.78, 5) is 0. The Balaban J connectivity index is 1.01. The maximum atomic E-state index is 6.40. The number of para-hydroxylation sites is 1. The zero-order valence-electron chi connectivity index (χ0n) is 30.1. The fraction of sp³-hybridized carbons (Fsp3) is 0.125. The van der Waals surface area contributed by atoms with Crippen LogP contribution in [0.1, 0.15) is 27.8 Å². The third-order valence-electron chi connectivity index (χ3n) is 11.3. The number of furan rings is 3. The van der Waals surface area contributed by atoms with Crippen LogP contribution in [-0.4, -0.2) is 8.07 Å². The summed E-state index contributed by atoms with van der Waals surface area (Å²) in [6.45, 7) is 11.4. The molecule has 0 aliphatic rings. The Morgan fingerprint density at radius 1 is 0.442 bits per heavy atom. The van der Waals surface area contributed by atoms with Gasteiger partial charge in [-0.15, -0.1) is 0 Å². The highest BCUT2D eigenvalue weighted by Crippen LogP contribution is 2.36. The number of hydrogen-bond acceptors (Lipinski definition) is 3. The molecule has 3 aromatic heterocycles. The van der Waals surface area contributed by atoms with Gasteiger partial charge in [0, 0.05) is 32.3 Å². The maximum absolute atomic E-state index is 6.40. The molecule has 252 valence electrons. The molecule has 0 unspecified atom stereocenters. The smallest absolute Gasteiger partial charge is 0.138 e. The average Bonchev–Trinajstić information content (AvgIpc) is 3.83. The van der Waals surface area contributed by atoms with E-state index in [-0.39, 0.29) is 0 Å². The third kappa shape index (κ3) is 4.85. The zero-order chi connectivity index (χ0) is 35.3. The summed E-state index contributed by atoms with van der Waals surface area (Å²) in [6.07, 6.45) is 0.843. The molecule has 0 radical (unpaired) electrons. The van der Waals surface area contributed by atoms with Crippen molar-refractivity contribution in [1.29, 1.82) is 0 Å². The normalized spacial score (nSPS) is 12.4. The number of fused-ring (bicyclic) bond motifs is 9. The van der Waals surface area contributed by atoms with Gasteiger partial charge in [-0.05, 0) is 115 Å². The largest absolute Gasteiger partial charge is 0.456 e. The van der Waals surface area contributed by atoms with Gasteiger partial charge in [0.05, 0.1) is 0 Å². The van der Waals surface area contributed by atoms with Gasteiger partial charge in [-0.1, -0.05) is 102 Å². The minimum absolute atomic E-state index is 0.843. The first kappa shape index (κ1) is 30.9. The van der Waals surface area contributed by atoms with E-state index in [0.717, 1.165) is 50.9 Å². The summed E-state index contributed by atoms with van der Waals surface area (Å²) in [5.41, 5.74) is 14.4. The predicted molar refractivity (Wildman–Crippen MR) is 220 cm³/mol. The van der Waals surface area contributed by atoms with Gasteiger partial charge < -0.3 is 13.3 Å². The molecule has 3 nitrogen and oxygen atoms in total. The zero-order valence-corrected chi connectivity index (χ0v) is 31.1. The minimum atomic E-state index is -2.07. The van der Waals surface area contributed by atoms with Gasteiger partial charge >= 0.3 is 0 Å². The second-order valence-corrected chi connectivity index (χ2v) is 19.6. The lowest BCUT2D eigenvalue weighted by Crippen LogP contribution is -2.52. The van der Waals surface area contributed by atoms with Crippen molar-refractivity contribution in [2.24, 2.45) is 0 Å².